The average Bonchev–Trinajstić information content (AvgIpc) is 2.53. The molecule has 0 saturated heterocycles. The Balaban J connectivity index is 2.20. The first-order chi connectivity index (χ1) is 11.3. The van der Waals surface area contributed by atoms with E-state index in [0.29, 0.717) is 15.6 Å². The Kier molecular flexibility index (Phi) is 6.14. The highest BCUT2D eigenvalue weighted by atomic mass is 35.5. The zero-order valence-corrected chi connectivity index (χ0v) is 15.9. The van der Waals surface area contributed by atoms with E-state index in [2.05, 4.69) is 29.3 Å². The number of hydrogen-bond acceptors (Lipinski definition) is 2. The first kappa shape index (κ1) is 18.6. The first-order valence-corrected chi connectivity index (χ1v) is 8.64. The molecular weight excluding hydrogens is 343 g/mol. The maximum atomic E-state index is 12.4. The molecule has 0 aliphatic carbocycles. The molecule has 0 spiro atoms. The lowest BCUT2D eigenvalue weighted by atomic mass is 10.1. The highest BCUT2D eigenvalue weighted by Crippen LogP contribution is 2.28. The van der Waals surface area contributed by atoms with Gasteiger partial charge in [-0.3, -0.25) is 4.79 Å². The minimum Gasteiger partial charge on any atom is -0.375 e. The number of carbonyl (C=O) groups excluding carboxylic acids is 1. The standard InChI is InChI=1S/C19H22Cl2N2O/c1-5-23(4)14-9-12(2)19(13(3)10-14)22-18(24)11-15-16(20)7-6-8-17(15)21/h6-10H,5,11H2,1-4H3,(H,22,24). The van der Waals surface area contributed by atoms with Crippen LogP contribution < -0.4 is 10.2 Å². The minimum absolute atomic E-state index is 0.132. The van der Waals surface area contributed by atoms with Crippen LogP contribution in [0.5, 0.6) is 0 Å². The molecule has 0 aliphatic rings. The van der Waals surface area contributed by atoms with E-state index >= 15 is 0 Å². The van der Waals surface area contributed by atoms with Gasteiger partial charge in [0.15, 0.2) is 0 Å². The van der Waals surface area contributed by atoms with E-state index in [1.165, 1.54) is 0 Å². The Morgan fingerprint density at radius 1 is 1.12 bits per heavy atom. The number of rotatable bonds is 5. The van der Waals surface area contributed by atoms with Gasteiger partial charge in [0.1, 0.15) is 0 Å². The van der Waals surface area contributed by atoms with Gasteiger partial charge in [-0.05, 0) is 61.7 Å². The molecule has 0 heterocycles. The average molecular weight is 365 g/mol. The summed E-state index contributed by atoms with van der Waals surface area (Å²) in [6.45, 7) is 7.03. The van der Waals surface area contributed by atoms with Crippen molar-refractivity contribution in [2.45, 2.75) is 27.2 Å². The fraction of sp³-hybridized carbons (Fsp3) is 0.316. The number of nitrogens with one attached hydrogen (secondary N) is 1. The molecule has 5 heteroatoms. The van der Waals surface area contributed by atoms with Gasteiger partial charge in [-0.1, -0.05) is 29.3 Å². The Bertz CT molecular complexity index is 716. The molecular formula is C19H22Cl2N2O. The molecule has 0 saturated carbocycles. The largest absolute Gasteiger partial charge is 0.375 e. The second kappa shape index (κ2) is 7.91. The van der Waals surface area contributed by atoms with Gasteiger partial charge in [0.25, 0.3) is 0 Å². The summed E-state index contributed by atoms with van der Waals surface area (Å²) in [7, 11) is 2.05. The topological polar surface area (TPSA) is 32.3 Å². The van der Waals surface area contributed by atoms with E-state index in [0.717, 1.165) is 29.0 Å². The van der Waals surface area contributed by atoms with Gasteiger partial charge in [0.05, 0.1) is 6.42 Å². The van der Waals surface area contributed by atoms with Crippen LogP contribution in [0.2, 0.25) is 10.0 Å². The normalized spacial score (nSPS) is 10.6. The van der Waals surface area contributed by atoms with Crippen LogP contribution in [-0.2, 0) is 11.2 Å². The molecule has 2 aromatic carbocycles. The molecule has 1 amide bonds. The lowest BCUT2D eigenvalue weighted by molar-refractivity contribution is -0.115. The SMILES string of the molecule is CCN(C)c1cc(C)c(NC(=O)Cc2c(Cl)cccc2Cl)c(C)c1. The highest BCUT2D eigenvalue weighted by Gasteiger charge is 2.14. The van der Waals surface area contributed by atoms with Crippen molar-refractivity contribution in [1.29, 1.82) is 0 Å². The number of aryl methyl sites for hydroxylation is 2. The summed E-state index contributed by atoms with van der Waals surface area (Å²) in [5.41, 5.74) is 4.69. The van der Waals surface area contributed by atoms with Crippen molar-refractivity contribution < 1.29 is 4.79 Å². The predicted molar refractivity (Wildman–Crippen MR) is 104 cm³/mol. The number of benzene rings is 2. The van der Waals surface area contributed by atoms with E-state index < -0.39 is 0 Å². The van der Waals surface area contributed by atoms with Crippen LogP contribution in [0.3, 0.4) is 0 Å². The van der Waals surface area contributed by atoms with Gasteiger partial charge in [0.2, 0.25) is 5.91 Å². The summed E-state index contributed by atoms with van der Waals surface area (Å²) in [6.07, 6.45) is 0.147. The predicted octanol–water partition coefficient (Wildman–Crippen LogP) is 5.25. The third-order valence-corrected chi connectivity index (χ3v) is 4.80. The fourth-order valence-electron chi connectivity index (χ4n) is 2.59. The maximum absolute atomic E-state index is 12.4. The summed E-state index contributed by atoms with van der Waals surface area (Å²) in [4.78, 5) is 14.6. The third kappa shape index (κ3) is 4.22. The second-order valence-electron chi connectivity index (χ2n) is 5.89. The summed E-state index contributed by atoms with van der Waals surface area (Å²) in [6, 6.07) is 9.40. The monoisotopic (exact) mass is 364 g/mol. The Morgan fingerprint density at radius 3 is 2.17 bits per heavy atom. The zero-order chi connectivity index (χ0) is 17.9. The van der Waals surface area contributed by atoms with E-state index in [9.17, 15) is 4.79 Å². The van der Waals surface area contributed by atoms with Crippen LogP contribution in [0.15, 0.2) is 30.3 Å². The third-order valence-electron chi connectivity index (χ3n) is 4.10. The van der Waals surface area contributed by atoms with Gasteiger partial charge in [-0.15, -0.1) is 0 Å². The summed E-state index contributed by atoms with van der Waals surface area (Å²) in [5, 5.41) is 4.00. The minimum atomic E-state index is -0.132. The van der Waals surface area contributed by atoms with E-state index in [4.69, 9.17) is 23.2 Å². The summed E-state index contributed by atoms with van der Waals surface area (Å²) >= 11 is 12.3. The van der Waals surface area contributed by atoms with E-state index in [-0.39, 0.29) is 12.3 Å². The molecule has 0 atom stereocenters. The Morgan fingerprint density at radius 2 is 1.67 bits per heavy atom. The summed E-state index contributed by atoms with van der Waals surface area (Å²) in [5.74, 6) is -0.132. The van der Waals surface area contributed by atoms with Crippen molar-refractivity contribution in [2.24, 2.45) is 0 Å². The summed E-state index contributed by atoms with van der Waals surface area (Å²) < 4.78 is 0. The van der Waals surface area contributed by atoms with Crippen molar-refractivity contribution in [3.05, 3.63) is 57.1 Å². The molecule has 0 radical (unpaired) electrons. The van der Waals surface area contributed by atoms with Crippen molar-refractivity contribution in [3.63, 3.8) is 0 Å². The van der Waals surface area contributed by atoms with E-state index in [1.54, 1.807) is 18.2 Å². The molecule has 2 aromatic rings. The van der Waals surface area contributed by atoms with Crippen molar-refractivity contribution in [3.8, 4) is 0 Å². The molecule has 0 unspecified atom stereocenters. The van der Waals surface area contributed by atoms with Crippen LogP contribution in [0, 0.1) is 13.8 Å². The van der Waals surface area contributed by atoms with Crippen LogP contribution in [0.1, 0.15) is 23.6 Å². The molecule has 24 heavy (non-hydrogen) atoms. The van der Waals surface area contributed by atoms with Crippen LogP contribution in [0.25, 0.3) is 0 Å². The number of halogens is 2. The van der Waals surface area contributed by atoms with Gasteiger partial charge in [0, 0.05) is 35.0 Å². The van der Waals surface area contributed by atoms with Crippen LogP contribution >= 0.6 is 23.2 Å². The molecule has 128 valence electrons. The van der Waals surface area contributed by atoms with Crippen molar-refractivity contribution >= 4 is 40.5 Å². The van der Waals surface area contributed by atoms with Crippen molar-refractivity contribution in [1.82, 2.24) is 0 Å². The van der Waals surface area contributed by atoms with Gasteiger partial charge < -0.3 is 10.2 Å². The smallest absolute Gasteiger partial charge is 0.228 e. The molecule has 2 rings (SSSR count). The number of nitrogens with zero attached hydrogens (tertiary/aromatic N) is 1. The number of anilines is 2. The lowest BCUT2D eigenvalue weighted by Gasteiger charge is -2.20. The van der Waals surface area contributed by atoms with Gasteiger partial charge in [-0.25, -0.2) is 0 Å². The lowest BCUT2D eigenvalue weighted by Crippen LogP contribution is -2.19. The number of amides is 1. The Labute approximate surface area is 153 Å². The zero-order valence-electron chi connectivity index (χ0n) is 14.4. The quantitative estimate of drug-likeness (QED) is 0.785. The fourth-order valence-corrected chi connectivity index (χ4v) is 3.12. The highest BCUT2D eigenvalue weighted by molar-refractivity contribution is 6.36. The number of hydrogen-bond donors (Lipinski definition) is 1. The van der Waals surface area contributed by atoms with E-state index in [1.807, 2.05) is 20.9 Å². The molecule has 0 bridgehead atoms. The van der Waals surface area contributed by atoms with Crippen LogP contribution in [0.4, 0.5) is 11.4 Å². The van der Waals surface area contributed by atoms with Gasteiger partial charge >= 0.3 is 0 Å². The first-order valence-electron chi connectivity index (χ1n) is 7.88. The molecule has 0 aromatic heterocycles. The van der Waals surface area contributed by atoms with Crippen LogP contribution in [-0.4, -0.2) is 19.5 Å². The maximum Gasteiger partial charge on any atom is 0.228 e. The molecule has 1 N–H and O–H groups in total. The van der Waals surface area contributed by atoms with Gasteiger partial charge in [-0.2, -0.15) is 0 Å². The molecule has 0 aliphatic heterocycles. The van der Waals surface area contributed by atoms with Crippen molar-refractivity contribution in [2.75, 3.05) is 23.8 Å². The molecule has 3 nitrogen and oxygen atoms in total. The number of carbonyl (C=O) groups is 1. The second-order valence-corrected chi connectivity index (χ2v) is 6.71. The molecule has 0 fully saturated rings. The Hall–Kier alpha value is -1.71.